The molecule has 0 aliphatic rings. The normalized spacial score (nSPS) is 11.0. The molecule has 0 bridgehead atoms. The average molecular weight is 387 g/mol. The molecule has 1 aromatic carbocycles. The van der Waals surface area contributed by atoms with Crippen molar-refractivity contribution in [3.8, 4) is 16.8 Å². The first-order valence-electron chi connectivity index (χ1n) is 7.08. The zero-order valence-electron chi connectivity index (χ0n) is 13.1. The van der Waals surface area contributed by atoms with Crippen LogP contribution in [0.4, 0.5) is 17.6 Å². The third-order valence-electron chi connectivity index (χ3n) is 3.12. The van der Waals surface area contributed by atoms with E-state index in [0.717, 1.165) is 22.4 Å². The molecule has 2 aromatic heterocycles. The predicted molar refractivity (Wildman–Crippen MR) is 88.4 cm³/mol. The maximum Gasteiger partial charge on any atom is 0.490 e. The summed E-state index contributed by atoms with van der Waals surface area (Å²) in [6, 6.07) is 6.82. The lowest BCUT2D eigenvalue weighted by Crippen LogP contribution is -2.21. The molecule has 0 aliphatic heterocycles. The fraction of sp³-hybridized carbons (Fsp3) is 0.125. The second-order valence-electron chi connectivity index (χ2n) is 5.01. The van der Waals surface area contributed by atoms with Crippen LogP contribution in [0.3, 0.4) is 0 Å². The van der Waals surface area contributed by atoms with Crippen molar-refractivity contribution in [2.45, 2.75) is 12.7 Å². The monoisotopic (exact) mass is 387 g/mol. The van der Waals surface area contributed by atoms with E-state index in [2.05, 4.69) is 5.10 Å². The van der Waals surface area contributed by atoms with Crippen LogP contribution >= 0.6 is 11.3 Å². The van der Waals surface area contributed by atoms with Gasteiger partial charge in [0.05, 0.1) is 11.9 Å². The van der Waals surface area contributed by atoms with Gasteiger partial charge in [0.25, 0.3) is 0 Å². The molecule has 3 aromatic rings. The SMILES string of the molecule is NCc1cc(F)cc(-c2cnn(-c3ccsc3)c2)c1.O=C(O)C(F)(F)F. The van der Waals surface area contributed by atoms with Gasteiger partial charge < -0.3 is 10.8 Å². The molecule has 26 heavy (non-hydrogen) atoms. The van der Waals surface area contributed by atoms with Gasteiger partial charge in [0.2, 0.25) is 0 Å². The summed E-state index contributed by atoms with van der Waals surface area (Å²) < 4.78 is 47.0. The first-order valence-corrected chi connectivity index (χ1v) is 8.02. The molecule has 0 saturated heterocycles. The largest absolute Gasteiger partial charge is 0.490 e. The van der Waals surface area contributed by atoms with E-state index in [0.29, 0.717) is 6.54 Å². The molecule has 0 radical (unpaired) electrons. The Bertz CT molecular complexity index is 876. The Morgan fingerprint density at radius 2 is 1.96 bits per heavy atom. The Morgan fingerprint density at radius 1 is 1.27 bits per heavy atom. The lowest BCUT2D eigenvalue weighted by Gasteiger charge is -2.02. The van der Waals surface area contributed by atoms with Crippen molar-refractivity contribution in [2.75, 3.05) is 0 Å². The predicted octanol–water partition coefficient (Wildman–Crippen LogP) is 3.83. The Morgan fingerprint density at radius 3 is 2.50 bits per heavy atom. The number of carboxylic acid groups (broad SMARTS) is 1. The maximum atomic E-state index is 13.5. The van der Waals surface area contributed by atoms with Crippen LogP contribution in [0.25, 0.3) is 16.8 Å². The highest BCUT2D eigenvalue weighted by Gasteiger charge is 2.38. The number of nitrogens with two attached hydrogens (primary N) is 1. The van der Waals surface area contributed by atoms with Gasteiger partial charge in [0.1, 0.15) is 5.82 Å². The fourth-order valence-corrected chi connectivity index (χ4v) is 2.56. The fourth-order valence-electron chi connectivity index (χ4n) is 1.94. The lowest BCUT2D eigenvalue weighted by atomic mass is 10.1. The Kier molecular flexibility index (Phi) is 6.11. The molecule has 0 amide bonds. The molecule has 0 spiro atoms. The summed E-state index contributed by atoms with van der Waals surface area (Å²) in [6.45, 7) is 0.323. The number of alkyl halides is 3. The van der Waals surface area contributed by atoms with E-state index in [1.807, 2.05) is 29.1 Å². The summed E-state index contributed by atoms with van der Waals surface area (Å²) in [5.41, 5.74) is 9.01. The van der Waals surface area contributed by atoms with Gasteiger partial charge >= 0.3 is 12.1 Å². The Hall–Kier alpha value is -2.72. The van der Waals surface area contributed by atoms with Crippen molar-refractivity contribution in [1.82, 2.24) is 9.78 Å². The summed E-state index contributed by atoms with van der Waals surface area (Å²) >= 11 is 1.61. The molecular weight excluding hydrogens is 374 g/mol. The van der Waals surface area contributed by atoms with Crippen molar-refractivity contribution in [1.29, 1.82) is 0 Å². The summed E-state index contributed by atoms with van der Waals surface area (Å²) in [4.78, 5) is 8.90. The molecule has 0 saturated carbocycles. The number of hydrogen-bond donors (Lipinski definition) is 2. The maximum absolute atomic E-state index is 13.5. The number of nitrogens with zero attached hydrogens (tertiary/aromatic N) is 2. The van der Waals surface area contributed by atoms with Crippen LogP contribution in [-0.2, 0) is 11.3 Å². The average Bonchev–Trinajstić information content (AvgIpc) is 3.25. The molecule has 0 atom stereocenters. The molecule has 0 fully saturated rings. The van der Waals surface area contributed by atoms with E-state index in [1.165, 1.54) is 12.1 Å². The van der Waals surface area contributed by atoms with Crippen molar-refractivity contribution < 1.29 is 27.5 Å². The van der Waals surface area contributed by atoms with Crippen LogP contribution in [0, 0.1) is 5.82 Å². The number of carboxylic acids is 1. The van der Waals surface area contributed by atoms with Gasteiger partial charge in [0.15, 0.2) is 0 Å². The first-order chi connectivity index (χ1) is 12.2. The third-order valence-corrected chi connectivity index (χ3v) is 3.79. The first kappa shape index (κ1) is 19.6. The van der Waals surface area contributed by atoms with Crippen molar-refractivity contribution >= 4 is 17.3 Å². The number of halogens is 4. The van der Waals surface area contributed by atoms with Gasteiger partial charge in [-0.15, -0.1) is 0 Å². The summed E-state index contributed by atoms with van der Waals surface area (Å²) in [5.74, 6) is -3.03. The standard InChI is InChI=1S/C14H12FN3S.C2HF3O2/c15-13-4-10(6-16)3-11(5-13)12-7-17-18(8-12)14-1-2-19-9-14;3-2(4,5)1(6)7/h1-5,7-9H,6,16H2;(H,6,7). The summed E-state index contributed by atoms with van der Waals surface area (Å²) in [6.07, 6.45) is -1.47. The number of aromatic nitrogens is 2. The highest BCUT2D eigenvalue weighted by atomic mass is 32.1. The van der Waals surface area contributed by atoms with Crippen LogP contribution < -0.4 is 5.73 Å². The van der Waals surface area contributed by atoms with E-state index in [1.54, 1.807) is 22.2 Å². The van der Waals surface area contributed by atoms with E-state index in [4.69, 9.17) is 15.6 Å². The minimum absolute atomic E-state index is 0.277. The van der Waals surface area contributed by atoms with Gasteiger partial charge in [-0.3, -0.25) is 0 Å². The quantitative estimate of drug-likeness (QED) is 0.670. The minimum Gasteiger partial charge on any atom is -0.475 e. The van der Waals surface area contributed by atoms with E-state index in [-0.39, 0.29) is 5.82 Å². The van der Waals surface area contributed by atoms with Gasteiger partial charge in [-0.05, 0) is 40.8 Å². The topological polar surface area (TPSA) is 81.1 Å². The molecule has 3 N–H and O–H groups in total. The summed E-state index contributed by atoms with van der Waals surface area (Å²) in [7, 11) is 0. The second-order valence-corrected chi connectivity index (χ2v) is 5.79. The summed E-state index contributed by atoms with van der Waals surface area (Å²) in [5, 5.41) is 15.4. The number of benzene rings is 1. The van der Waals surface area contributed by atoms with Crippen LogP contribution in [0.5, 0.6) is 0 Å². The van der Waals surface area contributed by atoms with E-state index < -0.39 is 12.1 Å². The second kappa shape index (κ2) is 8.11. The van der Waals surface area contributed by atoms with Crippen LogP contribution in [0.2, 0.25) is 0 Å². The van der Waals surface area contributed by atoms with Gasteiger partial charge in [-0.1, -0.05) is 0 Å². The number of thiophene rings is 1. The van der Waals surface area contributed by atoms with Gasteiger partial charge in [-0.2, -0.15) is 29.6 Å². The molecule has 3 rings (SSSR count). The highest BCUT2D eigenvalue weighted by Crippen LogP contribution is 2.23. The van der Waals surface area contributed by atoms with Gasteiger partial charge in [0, 0.05) is 23.7 Å². The molecule has 2 heterocycles. The molecular formula is C16H13F4N3O2S. The zero-order valence-corrected chi connectivity index (χ0v) is 13.9. The van der Waals surface area contributed by atoms with Crippen LogP contribution in [0.15, 0.2) is 47.4 Å². The van der Waals surface area contributed by atoms with Crippen molar-refractivity contribution in [3.05, 3.63) is 58.8 Å². The number of hydrogen-bond acceptors (Lipinski definition) is 4. The van der Waals surface area contributed by atoms with Crippen LogP contribution in [0.1, 0.15) is 5.56 Å². The molecule has 10 heteroatoms. The Labute approximate surface area is 149 Å². The van der Waals surface area contributed by atoms with E-state index >= 15 is 0 Å². The molecule has 0 aliphatic carbocycles. The molecule has 138 valence electrons. The molecule has 0 unspecified atom stereocenters. The minimum atomic E-state index is -5.08. The zero-order chi connectivity index (χ0) is 19.3. The number of carbonyl (C=O) groups is 1. The van der Waals surface area contributed by atoms with Gasteiger partial charge in [-0.25, -0.2) is 13.9 Å². The highest BCUT2D eigenvalue weighted by molar-refractivity contribution is 7.08. The smallest absolute Gasteiger partial charge is 0.475 e. The van der Waals surface area contributed by atoms with Crippen molar-refractivity contribution in [2.24, 2.45) is 5.73 Å². The number of rotatable bonds is 3. The number of aliphatic carboxylic acids is 1. The lowest BCUT2D eigenvalue weighted by molar-refractivity contribution is -0.192. The Balaban J connectivity index is 0.000000298. The van der Waals surface area contributed by atoms with E-state index in [9.17, 15) is 17.6 Å². The van der Waals surface area contributed by atoms with Crippen LogP contribution in [-0.4, -0.2) is 27.0 Å². The molecule has 5 nitrogen and oxygen atoms in total. The third kappa shape index (κ3) is 5.14. The van der Waals surface area contributed by atoms with Crippen molar-refractivity contribution in [3.63, 3.8) is 0 Å².